The molecule has 2 nitrogen and oxygen atoms in total. The highest BCUT2D eigenvalue weighted by Gasteiger charge is 1.95. The standard InChI is InChI=1S/C9H14O2/c1-7(2)5-4-6-8(3)9(10)11/h5-6H,4H2,1-3H3,(H,10,11)/b8-6+. The summed E-state index contributed by atoms with van der Waals surface area (Å²) < 4.78 is 0. The van der Waals surface area contributed by atoms with Gasteiger partial charge in [0.05, 0.1) is 0 Å². The van der Waals surface area contributed by atoms with E-state index in [2.05, 4.69) is 0 Å². The zero-order valence-electron chi connectivity index (χ0n) is 7.22. The van der Waals surface area contributed by atoms with Crippen molar-refractivity contribution in [2.75, 3.05) is 0 Å². The van der Waals surface area contributed by atoms with E-state index in [9.17, 15) is 4.79 Å². The Hall–Kier alpha value is -1.05. The van der Waals surface area contributed by atoms with Crippen LogP contribution >= 0.6 is 0 Å². The van der Waals surface area contributed by atoms with E-state index in [1.54, 1.807) is 13.0 Å². The number of carboxylic acid groups (broad SMARTS) is 1. The second kappa shape index (κ2) is 4.72. The summed E-state index contributed by atoms with van der Waals surface area (Å²) in [5, 5.41) is 8.46. The summed E-state index contributed by atoms with van der Waals surface area (Å²) in [7, 11) is 0. The van der Waals surface area contributed by atoms with Gasteiger partial charge in [0.15, 0.2) is 0 Å². The molecule has 0 fully saturated rings. The first-order valence-electron chi connectivity index (χ1n) is 3.57. The van der Waals surface area contributed by atoms with Crippen LogP contribution in [0.25, 0.3) is 0 Å². The van der Waals surface area contributed by atoms with Crippen LogP contribution in [0.15, 0.2) is 23.3 Å². The van der Waals surface area contributed by atoms with Gasteiger partial charge < -0.3 is 5.11 Å². The minimum atomic E-state index is -0.841. The minimum absolute atomic E-state index is 0.405. The number of carbonyl (C=O) groups is 1. The molecule has 1 N–H and O–H groups in total. The normalized spacial score (nSPS) is 11.0. The molecule has 0 aromatic rings. The zero-order valence-corrected chi connectivity index (χ0v) is 7.22. The molecule has 0 aliphatic carbocycles. The maximum absolute atomic E-state index is 10.3. The van der Waals surface area contributed by atoms with E-state index in [0.717, 1.165) is 0 Å². The number of carboxylic acids is 1. The summed E-state index contributed by atoms with van der Waals surface area (Å²) in [6.45, 7) is 5.58. The molecule has 0 radical (unpaired) electrons. The van der Waals surface area contributed by atoms with Crippen LogP contribution in [0.2, 0.25) is 0 Å². The van der Waals surface area contributed by atoms with Crippen molar-refractivity contribution in [1.82, 2.24) is 0 Å². The van der Waals surface area contributed by atoms with Gasteiger partial charge in [0.2, 0.25) is 0 Å². The molecule has 0 atom stereocenters. The number of hydrogen-bond acceptors (Lipinski definition) is 1. The van der Waals surface area contributed by atoms with E-state index in [4.69, 9.17) is 5.11 Å². The van der Waals surface area contributed by atoms with Crippen LogP contribution in [0.4, 0.5) is 0 Å². The van der Waals surface area contributed by atoms with Gasteiger partial charge in [-0.2, -0.15) is 0 Å². The summed E-state index contributed by atoms with van der Waals surface area (Å²) in [4.78, 5) is 10.3. The average molecular weight is 154 g/mol. The van der Waals surface area contributed by atoms with Gasteiger partial charge in [0, 0.05) is 5.57 Å². The number of hydrogen-bond donors (Lipinski definition) is 1. The Morgan fingerprint density at radius 2 is 1.82 bits per heavy atom. The fourth-order valence-electron chi connectivity index (χ4n) is 0.559. The van der Waals surface area contributed by atoms with Crippen molar-refractivity contribution in [2.45, 2.75) is 27.2 Å². The zero-order chi connectivity index (χ0) is 8.85. The van der Waals surface area contributed by atoms with Gasteiger partial charge >= 0.3 is 5.97 Å². The first-order chi connectivity index (χ1) is 5.04. The summed E-state index contributed by atoms with van der Waals surface area (Å²) >= 11 is 0. The van der Waals surface area contributed by atoms with Crippen LogP contribution in [0.3, 0.4) is 0 Å². The van der Waals surface area contributed by atoms with E-state index >= 15 is 0 Å². The van der Waals surface area contributed by atoms with Crippen LogP contribution in [-0.4, -0.2) is 11.1 Å². The quantitative estimate of drug-likeness (QED) is 0.500. The molecular formula is C9H14O2. The van der Waals surface area contributed by atoms with Gasteiger partial charge in [-0.15, -0.1) is 0 Å². The molecule has 0 saturated heterocycles. The highest BCUT2D eigenvalue weighted by atomic mass is 16.4. The van der Waals surface area contributed by atoms with Gasteiger partial charge in [0.25, 0.3) is 0 Å². The van der Waals surface area contributed by atoms with Crippen LogP contribution in [0, 0.1) is 0 Å². The van der Waals surface area contributed by atoms with Gasteiger partial charge in [0.1, 0.15) is 0 Å². The fraction of sp³-hybridized carbons (Fsp3) is 0.444. The Balaban J connectivity index is 3.94. The van der Waals surface area contributed by atoms with E-state index in [1.165, 1.54) is 5.57 Å². The van der Waals surface area contributed by atoms with Crippen LogP contribution in [0.5, 0.6) is 0 Å². The van der Waals surface area contributed by atoms with Crippen molar-refractivity contribution in [1.29, 1.82) is 0 Å². The third kappa shape index (κ3) is 5.40. The second-order valence-corrected chi connectivity index (χ2v) is 2.71. The number of allylic oxidation sites excluding steroid dienone is 3. The largest absolute Gasteiger partial charge is 0.478 e. The lowest BCUT2D eigenvalue weighted by Crippen LogP contribution is -1.95. The number of rotatable bonds is 3. The van der Waals surface area contributed by atoms with E-state index in [-0.39, 0.29) is 0 Å². The molecule has 0 unspecified atom stereocenters. The predicted octanol–water partition coefficient (Wildman–Crippen LogP) is 2.37. The van der Waals surface area contributed by atoms with Crippen molar-refractivity contribution >= 4 is 5.97 Å². The highest BCUT2D eigenvalue weighted by Crippen LogP contribution is 1.98. The fourth-order valence-corrected chi connectivity index (χ4v) is 0.559. The van der Waals surface area contributed by atoms with Crippen molar-refractivity contribution in [3.63, 3.8) is 0 Å². The third-order valence-electron chi connectivity index (χ3n) is 1.29. The Kier molecular flexibility index (Phi) is 4.27. The summed E-state index contributed by atoms with van der Waals surface area (Å²) in [5.74, 6) is -0.841. The average Bonchev–Trinajstić information content (AvgIpc) is 1.86. The van der Waals surface area contributed by atoms with Crippen LogP contribution < -0.4 is 0 Å². The van der Waals surface area contributed by atoms with E-state index in [1.807, 2.05) is 19.9 Å². The molecule has 11 heavy (non-hydrogen) atoms. The monoisotopic (exact) mass is 154 g/mol. The molecule has 0 bridgehead atoms. The lowest BCUT2D eigenvalue weighted by Gasteiger charge is -1.90. The molecule has 0 aliphatic heterocycles. The Bertz CT molecular complexity index is 196. The SMILES string of the molecule is CC(C)=CC/C=C(\C)C(=O)O. The van der Waals surface area contributed by atoms with Gasteiger partial charge in [-0.05, 0) is 27.2 Å². The first-order valence-corrected chi connectivity index (χ1v) is 3.57. The first kappa shape index (κ1) is 9.95. The Morgan fingerprint density at radius 1 is 1.27 bits per heavy atom. The van der Waals surface area contributed by atoms with Crippen molar-refractivity contribution in [3.05, 3.63) is 23.3 Å². The molecule has 2 heteroatoms. The van der Waals surface area contributed by atoms with Gasteiger partial charge in [-0.1, -0.05) is 17.7 Å². The molecule has 0 spiro atoms. The smallest absolute Gasteiger partial charge is 0.330 e. The van der Waals surface area contributed by atoms with Crippen molar-refractivity contribution in [3.8, 4) is 0 Å². The summed E-state index contributed by atoms with van der Waals surface area (Å²) in [6, 6.07) is 0. The molecule has 0 aromatic heterocycles. The van der Waals surface area contributed by atoms with E-state index in [0.29, 0.717) is 12.0 Å². The third-order valence-corrected chi connectivity index (χ3v) is 1.29. The molecule has 62 valence electrons. The second-order valence-electron chi connectivity index (χ2n) is 2.71. The van der Waals surface area contributed by atoms with Gasteiger partial charge in [-0.3, -0.25) is 0 Å². The Morgan fingerprint density at radius 3 is 2.18 bits per heavy atom. The molecule has 0 amide bonds. The predicted molar refractivity (Wildman–Crippen MR) is 45.4 cm³/mol. The molecule has 0 aromatic carbocycles. The van der Waals surface area contributed by atoms with Crippen molar-refractivity contribution in [2.24, 2.45) is 0 Å². The summed E-state index contributed by atoms with van der Waals surface area (Å²) in [5.41, 5.74) is 1.61. The molecule has 0 aliphatic rings. The van der Waals surface area contributed by atoms with Crippen molar-refractivity contribution < 1.29 is 9.90 Å². The lowest BCUT2D eigenvalue weighted by molar-refractivity contribution is -0.132. The topological polar surface area (TPSA) is 37.3 Å². The minimum Gasteiger partial charge on any atom is -0.478 e. The molecule has 0 rings (SSSR count). The van der Waals surface area contributed by atoms with E-state index < -0.39 is 5.97 Å². The van der Waals surface area contributed by atoms with Crippen LogP contribution in [0.1, 0.15) is 27.2 Å². The maximum Gasteiger partial charge on any atom is 0.330 e. The highest BCUT2D eigenvalue weighted by molar-refractivity contribution is 5.85. The molecule has 0 saturated carbocycles. The summed E-state index contributed by atoms with van der Waals surface area (Å²) in [6.07, 6.45) is 4.40. The maximum atomic E-state index is 10.3. The van der Waals surface area contributed by atoms with Crippen LogP contribution in [-0.2, 0) is 4.79 Å². The Labute approximate surface area is 67.2 Å². The molecule has 0 heterocycles. The lowest BCUT2D eigenvalue weighted by atomic mass is 10.2. The van der Waals surface area contributed by atoms with Gasteiger partial charge in [-0.25, -0.2) is 4.79 Å². The molecular weight excluding hydrogens is 140 g/mol. The number of aliphatic carboxylic acids is 1.